The number of hydrogen-bond donors (Lipinski definition) is 0. The summed E-state index contributed by atoms with van der Waals surface area (Å²) in [6.07, 6.45) is 0. The van der Waals surface area contributed by atoms with Crippen molar-refractivity contribution in [2.45, 2.75) is 0 Å². The van der Waals surface area contributed by atoms with E-state index in [0.29, 0.717) is 46.4 Å². The van der Waals surface area contributed by atoms with Gasteiger partial charge in [0.2, 0.25) is 0 Å². The molecule has 30 heavy (non-hydrogen) atoms. The van der Waals surface area contributed by atoms with E-state index in [1.807, 2.05) is 19.0 Å². The van der Waals surface area contributed by atoms with Crippen molar-refractivity contribution in [1.29, 1.82) is 0 Å². The first kappa shape index (κ1) is 21.3. The molecule has 1 heterocycles. The third kappa shape index (κ3) is 4.43. The Bertz CT molecular complexity index is 970. The van der Waals surface area contributed by atoms with Crippen LogP contribution in [0.3, 0.4) is 0 Å². The Morgan fingerprint density at radius 3 is 1.63 bits per heavy atom. The average Bonchev–Trinajstić information content (AvgIpc) is 2.68. The molecular formula is C20H26N8O2. The SMILES string of the molecule is CN(C)CCN1C(=O)c2cc(N=NN(C)C)cc3cc(N=NN(C)C)cc(c23)C1=O. The fourth-order valence-corrected chi connectivity index (χ4v) is 3.11. The highest BCUT2D eigenvalue weighted by Gasteiger charge is 2.33. The van der Waals surface area contributed by atoms with Gasteiger partial charge >= 0.3 is 0 Å². The van der Waals surface area contributed by atoms with Crippen LogP contribution in [-0.2, 0) is 0 Å². The summed E-state index contributed by atoms with van der Waals surface area (Å²) in [4.78, 5) is 29.5. The molecule has 158 valence electrons. The molecule has 3 rings (SSSR count). The molecule has 1 aliphatic rings. The topological polar surface area (TPSA) is 96.5 Å². The summed E-state index contributed by atoms with van der Waals surface area (Å²) in [6.45, 7) is 0.856. The quantitative estimate of drug-likeness (QED) is 0.397. The van der Waals surface area contributed by atoms with E-state index < -0.39 is 0 Å². The van der Waals surface area contributed by atoms with Crippen molar-refractivity contribution >= 4 is 34.0 Å². The van der Waals surface area contributed by atoms with Gasteiger partial charge in [-0.3, -0.25) is 24.5 Å². The molecule has 0 aromatic heterocycles. The predicted molar refractivity (Wildman–Crippen MR) is 114 cm³/mol. The standard InChI is InChI=1S/C20H26N8O2/c1-25(2)7-8-28-19(29)16-11-14(21-23-26(3)4)9-13-10-15(22-24-27(5)6)12-17(18(13)16)20(28)30/h9-12H,7-8H2,1-6H3. The lowest BCUT2D eigenvalue weighted by molar-refractivity contribution is 0.0601. The summed E-state index contributed by atoms with van der Waals surface area (Å²) in [7, 11) is 10.8. The molecular weight excluding hydrogens is 384 g/mol. The summed E-state index contributed by atoms with van der Waals surface area (Å²) >= 11 is 0. The Morgan fingerprint density at radius 2 is 1.23 bits per heavy atom. The zero-order valence-electron chi connectivity index (χ0n) is 18.1. The van der Waals surface area contributed by atoms with Gasteiger partial charge in [-0.15, -0.1) is 10.2 Å². The van der Waals surface area contributed by atoms with Gasteiger partial charge in [-0.1, -0.05) is 10.4 Å². The van der Waals surface area contributed by atoms with E-state index in [1.54, 1.807) is 62.5 Å². The number of benzene rings is 2. The van der Waals surface area contributed by atoms with E-state index in [4.69, 9.17) is 0 Å². The van der Waals surface area contributed by atoms with Crippen molar-refractivity contribution < 1.29 is 9.59 Å². The summed E-state index contributed by atoms with van der Waals surface area (Å²) in [6, 6.07) is 6.94. The van der Waals surface area contributed by atoms with Gasteiger partial charge in [0.15, 0.2) is 0 Å². The second-order valence-electron chi connectivity index (χ2n) is 7.72. The van der Waals surface area contributed by atoms with Crippen molar-refractivity contribution in [2.24, 2.45) is 20.7 Å². The molecule has 0 saturated carbocycles. The van der Waals surface area contributed by atoms with Crippen molar-refractivity contribution in [3.05, 3.63) is 35.4 Å². The van der Waals surface area contributed by atoms with E-state index in [-0.39, 0.29) is 11.8 Å². The van der Waals surface area contributed by atoms with Crippen molar-refractivity contribution in [2.75, 3.05) is 55.4 Å². The number of carbonyl (C=O) groups excluding carboxylic acids is 2. The van der Waals surface area contributed by atoms with Crippen LogP contribution >= 0.6 is 0 Å². The van der Waals surface area contributed by atoms with Crippen molar-refractivity contribution in [3.8, 4) is 0 Å². The van der Waals surface area contributed by atoms with Crippen LogP contribution in [0.15, 0.2) is 44.9 Å². The molecule has 0 atom stereocenters. The fourth-order valence-electron chi connectivity index (χ4n) is 3.11. The molecule has 1 aliphatic heterocycles. The molecule has 0 unspecified atom stereocenters. The highest BCUT2D eigenvalue weighted by molar-refractivity contribution is 6.26. The van der Waals surface area contributed by atoms with Crippen LogP contribution in [0.2, 0.25) is 0 Å². The average molecular weight is 410 g/mol. The van der Waals surface area contributed by atoms with Gasteiger partial charge in [-0.25, -0.2) is 0 Å². The van der Waals surface area contributed by atoms with E-state index in [1.165, 1.54) is 4.90 Å². The summed E-state index contributed by atoms with van der Waals surface area (Å²) in [5.41, 5.74) is 1.91. The van der Waals surface area contributed by atoms with Crippen LogP contribution in [0.25, 0.3) is 10.8 Å². The van der Waals surface area contributed by atoms with E-state index in [0.717, 1.165) is 0 Å². The third-order valence-electron chi connectivity index (χ3n) is 4.42. The minimum Gasteiger partial charge on any atom is -0.308 e. The van der Waals surface area contributed by atoms with E-state index in [9.17, 15) is 9.59 Å². The number of hydrogen-bond acceptors (Lipinski definition) is 7. The van der Waals surface area contributed by atoms with Gasteiger partial charge in [-0.05, 0) is 43.7 Å². The predicted octanol–water partition coefficient (Wildman–Crippen LogP) is 3.12. The number of rotatable bonds is 7. The number of nitrogens with zero attached hydrogens (tertiary/aromatic N) is 8. The molecule has 0 spiro atoms. The molecule has 2 aromatic carbocycles. The first-order chi connectivity index (χ1) is 14.2. The number of carbonyl (C=O) groups is 2. The van der Waals surface area contributed by atoms with Crippen LogP contribution in [0.4, 0.5) is 11.4 Å². The first-order valence-corrected chi connectivity index (χ1v) is 9.48. The van der Waals surface area contributed by atoms with E-state index >= 15 is 0 Å². The zero-order chi connectivity index (χ0) is 22.0. The summed E-state index contributed by atoms with van der Waals surface area (Å²) in [5.74, 6) is -0.659. The lowest BCUT2D eigenvalue weighted by Crippen LogP contribution is -2.43. The Kier molecular flexibility index (Phi) is 6.06. The minimum absolute atomic E-state index is 0.290. The van der Waals surface area contributed by atoms with Crippen LogP contribution in [-0.4, -0.2) is 87.0 Å². The minimum atomic E-state index is -0.330. The molecule has 10 nitrogen and oxygen atoms in total. The molecule has 0 bridgehead atoms. The Morgan fingerprint density at radius 1 is 0.767 bits per heavy atom. The van der Waals surface area contributed by atoms with Gasteiger partial charge in [0.1, 0.15) is 0 Å². The number of imide groups is 1. The normalized spacial score (nSPS) is 14.0. The van der Waals surface area contributed by atoms with Crippen molar-refractivity contribution in [3.63, 3.8) is 0 Å². The smallest absolute Gasteiger partial charge is 0.261 e. The Balaban J connectivity index is 2.20. The third-order valence-corrected chi connectivity index (χ3v) is 4.42. The monoisotopic (exact) mass is 410 g/mol. The fraction of sp³-hybridized carbons (Fsp3) is 0.400. The Hall–Kier alpha value is -3.40. The van der Waals surface area contributed by atoms with Crippen LogP contribution in [0.1, 0.15) is 20.7 Å². The Labute approximate surface area is 175 Å². The molecule has 2 aromatic rings. The molecule has 2 amide bonds. The first-order valence-electron chi connectivity index (χ1n) is 9.48. The molecule has 0 fully saturated rings. The highest BCUT2D eigenvalue weighted by Crippen LogP contribution is 2.36. The lowest BCUT2D eigenvalue weighted by atomic mass is 9.92. The number of likely N-dealkylation sites (N-methyl/N-ethyl adjacent to an activating group) is 1. The van der Waals surface area contributed by atoms with Gasteiger partial charge in [0.05, 0.1) is 22.5 Å². The van der Waals surface area contributed by atoms with Crippen LogP contribution in [0.5, 0.6) is 0 Å². The largest absolute Gasteiger partial charge is 0.308 e. The summed E-state index contributed by atoms with van der Waals surface area (Å²) < 4.78 is 0. The highest BCUT2D eigenvalue weighted by atomic mass is 16.2. The van der Waals surface area contributed by atoms with E-state index in [2.05, 4.69) is 20.7 Å². The second-order valence-corrected chi connectivity index (χ2v) is 7.72. The van der Waals surface area contributed by atoms with Gasteiger partial charge in [-0.2, -0.15) is 0 Å². The van der Waals surface area contributed by atoms with Crippen LogP contribution in [0, 0.1) is 0 Å². The zero-order valence-corrected chi connectivity index (χ0v) is 18.1. The molecule has 0 radical (unpaired) electrons. The van der Waals surface area contributed by atoms with Crippen molar-refractivity contribution in [1.82, 2.24) is 19.8 Å². The molecule has 10 heteroatoms. The van der Waals surface area contributed by atoms with Gasteiger partial charge in [0.25, 0.3) is 11.8 Å². The van der Waals surface area contributed by atoms with Gasteiger partial charge in [0, 0.05) is 46.7 Å². The molecule has 0 N–H and O–H groups in total. The lowest BCUT2D eigenvalue weighted by Gasteiger charge is -2.28. The van der Waals surface area contributed by atoms with Gasteiger partial charge < -0.3 is 4.90 Å². The molecule has 0 aliphatic carbocycles. The maximum absolute atomic E-state index is 13.2. The number of amides is 2. The second kappa shape index (κ2) is 8.54. The summed E-state index contributed by atoms with van der Waals surface area (Å²) in [5, 5.41) is 20.9. The maximum atomic E-state index is 13.2. The van der Waals surface area contributed by atoms with Crippen LogP contribution < -0.4 is 0 Å². The maximum Gasteiger partial charge on any atom is 0.261 e. The molecule has 0 saturated heterocycles.